The summed E-state index contributed by atoms with van der Waals surface area (Å²) >= 11 is 0. The lowest BCUT2D eigenvalue weighted by atomic mass is 9.90. The predicted molar refractivity (Wildman–Crippen MR) is 77.1 cm³/mol. The Balaban J connectivity index is 1.81. The van der Waals surface area contributed by atoms with Gasteiger partial charge in [-0.2, -0.15) is 0 Å². The van der Waals surface area contributed by atoms with Crippen LogP contribution < -0.4 is 5.32 Å². The van der Waals surface area contributed by atoms with Crippen LogP contribution in [0.2, 0.25) is 0 Å². The molecule has 1 heterocycles. The third-order valence-electron chi connectivity index (χ3n) is 4.63. The topological polar surface area (TPSA) is 55.7 Å². The van der Waals surface area contributed by atoms with E-state index in [0.29, 0.717) is 18.6 Å². The van der Waals surface area contributed by atoms with Gasteiger partial charge in [0.25, 0.3) is 0 Å². The van der Waals surface area contributed by atoms with E-state index in [0.717, 1.165) is 38.5 Å². The standard InChI is InChI=1S/C15H30N2O2/c18-8-3-4-13-10-15(12-17(11-13)7-9-19)16-14-5-1-2-6-14/h13-16,18-19H,1-12H2. The molecule has 112 valence electrons. The second-order valence-electron chi connectivity index (χ2n) is 6.30. The Hall–Kier alpha value is -0.160. The van der Waals surface area contributed by atoms with Gasteiger partial charge in [-0.1, -0.05) is 12.8 Å². The molecule has 2 fully saturated rings. The molecule has 0 aromatic heterocycles. The first-order chi connectivity index (χ1) is 9.31. The van der Waals surface area contributed by atoms with E-state index < -0.39 is 0 Å². The lowest BCUT2D eigenvalue weighted by Crippen LogP contribution is -2.52. The third-order valence-corrected chi connectivity index (χ3v) is 4.63. The Bertz CT molecular complexity index is 244. The fraction of sp³-hybridized carbons (Fsp3) is 1.00. The largest absolute Gasteiger partial charge is 0.396 e. The Labute approximate surface area is 117 Å². The van der Waals surface area contributed by atoms with E-state index in [1.807, 2.05) is 0 Å². The first kappa shape index (κ1) is 15.2. The van der Waals surface area contributed by atoms with Crippen LogP contribution in [0.3, 0.4) is 0 Å². The highest BCUT2D eigenvalue weighted by Gasteiger charge is 2.28. The number of aliphatic hydroxyl groups excluding tert-OH is 2. The normalized spacial score (nSPS) is 30.0. The van der Waals surface area contributed by atoms with Crippen molar-refractivity contribution in [2.75, 3.05) is 32.8 Å². The van der Waals surface area contributed by atoms with Crippen LogP contribution in [0.15, 0.2) is 0 Å². The van der Waals surface area contributed by atoms with Crippen LogP contribution in [0.1, 0.15) is 44.9 Å². The zero-order valence-corrected chi connectivity index (χ0v) is 12.1. The molecule has 4 nitrogen and oxygen atoms in total. The van der Waals surface area contributed by atoms with Gasteiger partial charge in [-0.05, 0) is 38.0 Å². The van der Waals surface area contributed by atoms with Crippen LogP contribution in [0.25, 0.3) is 0 Å². The van der Waals surface area contributed by atoms with E-state index in [9.17, 15) is 0 Å². The molecule has 0 amide bonds. The number of likely N-dealkylation sites (tertiary alicyclic amines) is 1. The number of nitrogens with one attached hydrogen (secondary N) is 1. The van der Waals surface area contributed by atoms with Crippen molar-refractivity contribution < 1.29 is 10.2 Å². The van der Waals surface area contributed by atoms with Gasteiger partial charge in [0.2, 0.25) is 0 Å². The SMILES string of the molecule is OCCCC1CC(NC2CCCC2)CN(CCO)C1. The average molecular weight is 270 g/mol. The maximum absolute atomic E-state index is 9.15. The lowest BCUT2D eigenvalue weighted by molar-refractivity contribution is 0.104. The molecule has 2 aliphatic rings. The maximum atomic E-state index is 9.15. The van der Waals surface area contributed by atoms with Crippen molar-refractivity contribution in [1.82, 2.24) is 10.2 Å². The van der Waals surface area contributed by atoms with Crippen molar-refractivity contribution in [1.29, 1.82) is 0 Å². The molecule has 0 radical (unpaired) electrons. The molecule has 2 unspecified atom stereocenters. The number of rotatable bonds is 7. The predicted octanol–water partition coefficient (Wildman–Crippen LogP) is 0.974. The van der Waals surface area contributed by atoms with Crippen LogP contribution in [0.4, 0.5) is 0 Å². The molecule has 0 bridgehead atoms. The maximum Gasteiger partial charge on any atom is 0.0558 e. The van der Waals surface area contributed by atoms with E-state index >= 15 is 0 Å². The Kier molecular flexibility index (Phi) is 6.57. The van der Waals surface area contributed by atoms with Crippen LogP contribution in [0, 0.1) is 5.92 Å². The monoisotopic (exact) mass is 270 g/mol. The van der Waals surface area contributed by atoms with Crippen LogP contribution in [-0.2, 0) is 0 Å². The van der Waals surface area contributed by atoms with Gasteiger partial charge in [-0.15, -0.1) is 0 Å². The molecule has 2 atom stereocenters. The third kappa shape index (κ3) is 5.03. The second-order valence-corrected chi connectivity index (χ2v) is 6.30. The summed E-state index contributed by atoms with van der Waals surface area (Å²) in [4.78, 5) is 2.39. The summed E-state index contributed by atoms with van der Waals surface area (Å²) in [6.07, 6.45) is 8.67. The smallest absolute Gasteiger partial charge is 0.0558 e. The van der Waals surface area contributed by atoms with Gasteiger partial charge in [-0.25, -0.2) is 0 Å². The molecule has 4 heteroatoms. The van der Waals surface area contributed by atoms with Crippen LogP contribution in [0.5, 0.6) is 0 Å². The fourth-order valence-electron chi connectivity index (χ4n) is 3.76. The van der Waals surface area contributed by atoms with Crippen molar-refractivity contribution in [2.45, 2.75) is 57.0 Å². The molecule has 1 saturated heterocycles. The zero-order valence-electron chi connectivity index (χ0n) is 12.1. The molecule has 19 heavy (non-hydrogen) atoms. The Morgan fingerprint density at radius 3 is 2.47 bits per heavy atom. The number of aliphatic hydroxyl groups is 2. The molecule has 0 spiro atoms. The van der Waals surface area contributed by atoms with Crippen LogP contribution in [-0.4, -0.2) is 60.0 Å². The van der Waals surface area contributed by atoms with E-state index in [2.05, 4.69) is 10.2 Å². The number of hydrogen-bond donors (Lipinski definition) is 3. The lowest BCUT2D eigenvalue weighted by Gasteiger charge is -2.39. The van der Waals surface area contributed by atoms with Gasteiger partial charge in [0.15, 0.2) is 0 Å². The first-order valence-corrected chi connectivity index (χ1v) is 8.02. The molecule has 2 rings (SSSR count). The summed E-state index contributed by atoms with van der Waals surface area (Å²) in [5.74, 6) is 0.673. The highest BCUT2D eigenvalue weighted by molar-refractivity contribution is 4.87. The Morgan fingerprint density at radius 2 is 1.79 bits per heavy atom. The van der Waals surface area contributed by atoms with Crippen molar-refractivity contribution >= 4 is 0 Å². The summed E-state index contributed by atoms with van der Waals surface area (Å²) in [6, 6.07) is 1.30. The van der Waals surface area contributed by atoms with Gasteiger partial charge in [0.05, 0.1) is 6.61 Å². The average Bonchev–Trinajstić information content (AvgIpc) is 2.89. The molecule has 3 N–H and O–H groups in total. The number of piperidine rings is 1. The zero-order chi connectivity index (χ0) is 13.5. The summed E-state index contributed by atoms with van der Waals surface area (Å²) in [5.41, 5.74) is 0. The highest BCUT2D eigenvalue weighted by atomic mass is 16.3. The van der Waals surface area contributed by atoms with E-state index in [-0.39, 0.29) is 6.61 Å². The summed E-state index contributed by atoms with van der Waals surface area (Å²) in [5, 5.41) is 22.0. The Morgan fingerprint density at radius 1 is 1.00 bits per heavy atom. The number of β-amino-alcohol motifs (C(OH)–C–C–N with tert-alkyl or cyclic N) is 1. The van der Waals surface area contributed by atoms with Gasteiger partial charge >= 0.3 is 0 Å². The summed E-state index contributed by atoms with van der Waals surface area (Å²) in [7, 11) is 0. The van der Waals surface area contributed by atoms with Crippen molar-refractivity contribution in [3.63, 3.8) is 0 Å². The highest BCUT2D eigenvalue weighted by Crippen LogP contribution is 2.24. The molecular weight excluding hydrogens is 240 g/mol. The minimum Gasteiger partial charge on any atom is -0.396 e. The van der Waals surface area contributed by atoms with Crippen molar-refractivity contribution in [3.05, 3.63) is 0 Å². The van der Waals surface area contributed by atoms with Gasteiger partial charge in [-0.3, -0.25) is 4.90 Å². The van der Waals surface area contributed by atoms with E-state index in [4.69, 9.17) is 10.2 Å². The number of hydrogen-bond acceptors (Lipinski definition) is 4. The number of nitrogens with zero attached hydrogens (tertiary/aromatic N) is 1. The molecule has 0 aromatic rings. The molecule has 1 aliphatic carbocycles. The first-order valence-electron chi connectivity index (χ1n) is 8.02. The molecule has 1 aliphatic heterocycles. The van der Waals surface area contributed by atoms with Crippen molar-refractivity contribution in [3.8, 4) is 0 Å². The van der Waals surface area contributed by atoms with Gasteiger partial charge < -0.3 is 15.5 Å². The van der Waals surface area contributed by atoms with Crippen molar-refractivity contribution in [2.24, 2.45) is 5.92 Å². The molecule has 1 saturated carbocycles. The fourth-order valence-corrected chi connectivity index (χ4v) is 3.76. The van der Waals surface area contributed by atoms with Crippen LogP contribution >= 0.6 is 0 Å². The molecular formula is C15H30N2O2. The summed E-state index contributed by atoms with van der Waals surface area (Å²) in [6.45, 7) is 3.51. The minimum absolute atomic E-state index is 0.253. The molecule has 0 aromatic carbocycles. The van der Waals surface area contributed by atoms with E-state index in [1.54, 1.807) is 0 Å². The minimum atomic E-state index is 0.253. The van der Waals surface area contributed by atoms with E-state index in [1.165, 1.54) is 32.1 Å². The van der Waals surface area contributed by atoms with Gasteiger partial charge in [0, 0.05) is 38.3 Å². The quantitative estimate of drug-likeness (QED) is 0.645. The second kappa shape index (κ2) is 8.20. The summed E-state index contributed by atoms with van der Waals surface area (Å²) < 4.78 is 0. The van der Waals surface area contributed by atoms with Gasteiger partial charge in [0.1, 0.15) is 0 Å².